The van der Waals surface area contributed by atoms with Crippen LogP contribution in [0.4, 0.5) is 5.69 Å². The van der Waals surface area contributed by atoms with E-state index < -0.39 is 5.91 Å². The van der Waals surface area contributed by atoms with Crippen molar-refractivity contribution in [2.24, 2.45) is 10.9 Å². The number of nitrogens with zero attached hydrogens (tertiary/aromatic N) is 2. The van der Waals surface area contributed by atoms with Gasteiger partial charge in [0.05, 0.1) is 29.2 Å². The van der Waals surface area contributed by atoms with Gasteiger partial charge in [-0.3, -0.25) is 9.93 Å². The molecule has 2 aromatic carbocycles. The van der Waals surface area contributed by atoms with Crippen molar-refractivity contribution in [3.8, 4) is 22.7 Å². The summed E-state index contributed by atoms with van der Waals surface area (Å²) in [6.07, 6.45) is 3.39. The van der Waals surface area contributed by atoms with Gasteiger partial charge in [-0.25, -0.2) is 10.2 Å². The van der Waals surface area contributed by atoms with E-state index in [-0.39, 0.29) is 6.42 Å². The highest BCUT2D eigenvalue weighted by atomic mass is 32.2. The first-order chi connectivity index (χ1) is 15.6. The Morgan fingerprint density at radius 3 is 2.72 bits per heavy atom. The molecular formula is C20H21N5O5S2. The summed E-state index contributed by atoms with van der Waals surface area (Å²) < 4.78 is 11.3. The summed E-state index contributed by atoms with van der Waals surface area (Å²) in [5.41, 5.74) is 14.5. The van der Waals surface area contributed by atoms with Gasteiger partial charge in [-0.05, 0) is 54.8 Å². The number of hydrogen-bond acceptors (Lipinski definition) is 10. The number of aromatic nitrogens is 2. The van der Waals surface area contributed by atoms with Crippen molar-refractivity contribution in [2.75, 3.05) is 11.7 Å². The van der Waals surface area contributed by atoms with E-state index in [9.17, 15) is 4.79 Å². The zero-order chi connectivity index (χ0) is 22.5. The number of benzene rings is 2. The summed E-state index contributed by atoms with van der Waals surface area (Å²) in [5.74, 6) is 0.0596. The van der Waals surface area contributed by atoms with E-state index in [1.165, 1.54) is 0 Å². The molecule has 0 aliphatic heterocycles. The first-order valence-electron chi connectivity index (χ1n) is 9.56. The highest BCUT2D eigenvalue weighted by molar-refractivity contribution is 7.93. The van der Waals surface area contributed by atoms with Crippen molar-refractivity contribution in [3.63, 3.8) is 0 Å². The second kappa shape index (κ2) is 10.3. The molecule has 5 N–H and O–H groups in total. The third-order valence-electron chi connectivity index (χ3n) is 4.93. The van der Waals surface area contributed by atoms with Crippen molar-refractivity contribution < 1.29 is 23.3 Å². The maximum Gasteiger partial charge on any atom is 0.223 e. The number of nitrogens with one attached hydrogen (secondary N) is 1. The largest absolute Gasteiger partial charge is 0.369 e. The fourth-order valence-corrected chi connectivity index (χ4v) is 3.89. The number of rotatable bonds is 10. The van der Waals surface area contributed by atoms with Gasteiger partial charge >= 0.3 is 0 Å². The van der Waals surface area contributed by atoms with Crippen LogP contribution in [-0.4, -0.2) is 21.9 Å². The molecule has 32 heavy (non-hydrogen) atoms. The molecule has 1 aliphatic rings. The van der Waals surface area contributed by atoms with Gasteiger partial charge in [0.15, 0.2) is 5.75 Å². The van der Waals surface area contributed by atoms with Crippen LogP contribution in [-0.2, 0) is 37.7 Å². The summed E-state index contributed by atoms with van der Waals surface area (Å²) in [6.45, 7) is 0. The number of carbonyl (C=O) groups excluding carboxylic acids is 1. The van der Waals surface area contributed by atoms with Crippen LogP contribution in [0.5, 0.6) is 5.75 Å². The lowest BCUT2D eigenvalue weighted by Crippen LogP contribution is -2.15. The second-order valence-corrected chi connectivity index (χ2v) is 7.66. The summed E-state index contributed by atoms with van der Waals surface area (Å²) in [4.78, 5) is 21.7. The van der Waals surface area contributed by atoms with Crippen LogP contribution in [0, 0.1) is 0 Å². The quantitative estimate of drug-likeness (QED) is 0.132. The molecule has 0 saturated heterocycles. The van der Waals surface area contributed by atoms with E-state index in [0.717, 1.165) is 58.6 Å². The van der Waals surface area contributed by atoms with Gasteiger partial charge in [-0.15, -0.1) is 9.32 Å². The number of fused-ring (bicyclic) bond motifs is 3. The third kappa shape index (κ3) is 4.85. The van der Waals surface area contributed by atoms with Crippen LogP contribution >= 0.6 is 24.3 Å². The number of hydrogen-bond donors (Lipinski definition) is 3. The Morgan fingerprint density at radius 2 is 2.00 bits per heavy atom. The fraction of sp³-hybridized carbons (Fsp3) is 0.200. The Morgan fingerprint density at radius 1 is 1.19 bits per heavy atom. The number of aryl methyl sites for hydroxylation is 1. The third-order valence-corrected chi connectivity index (χ3v) is 5.28. The molecular weight excluding hydrogens is 454 g/mol. The van der Waals surface area contributed by atoms with Gasteiger partial charge in [0.2, 0.25) is 5.91 Å². The molecule has 12 heteroatoms. The minimum Gasteiger partial charge on any atom is -0.369 e. The number of nitrogens with two attached hydrogens (primary N) is 2. The molecule has 0 saturated carbocycles. The van der Waals surface area contributed by atoms with E-state index in [1.807, 2.05) is 35.0 Å². The molecule has 1 amide bonds. The molecule has 0 atom stereocenters. The lowest BCUT2D eigenvalue weighted by molar-refractivity contribution is -0.160. The molecule has 4 rings (SSSR count). The van der Waals surface area contributed by atoms with Crippen molar-refractivity contribution in [1.29, 1.82) is 0 Å². The lowest BCUT2D eigenvalue weighted by Gasteiger charge is -2.20. The Kier molecular flexibility index (Phi) is 7.19. The molecule has 3 aromatic rings. The molecule has 0 spiro atoms. The summed E-state index contributed by atoms with van der Waals surface area (Å²) in [6, 6.07) is 13.1. The van der Waals surface area contributed by atoms with Crippen molar-refractivity contribution >= 4 is 35.9 Å². The summed E-state index contributed by atoms with van der Waals surface area (Å²) >= 11 is 1.70. The molecule has 168 valence electrons. The van der Waals surface area contributed by atoms with Gasteiger partial charge in [0.1, 0.15) is 12.2 Å². The number of primary amides is 1. The second-order valence-electron chi connectivity index (χ2n) is 6.86. The summed E-state index contributed by atoms with van der Waals surface area (Å²) in [7, 11) is 0. The number of anilines is 1. The van der Waals surface area contributed by atoms with Crippen molar-refractivity contribution in [1.82, 2.24) is 9.78 Å². The topological polar surface area (TPSA) is 136 Å². The first kappa shape index (κ1) is 22.5. The molecule has 0 fully saturated rings. The number of carbonyl (C=O) groups is 1. The van der Waals surface area contributed by atoms with Gasteiger partial charge in [0.25, 0.3) is 0 Å². The van der Waals surface area contributed by atoms with E-state index in [2.05, 4.69) is 5.48 Å². The zero-order valence-corrected chi connectivity index (χ0v) is 18.7. The minimum atomic E-state index is -0.429. The maximum atomic E-state index is 11.7. The standard InChI is InChI=1S/C20H21N5O5S2/c1-31-30-28-24-13-4-2-12-3-9-16-18(11-19(21)26)23-25(20(16)17(12)10-13)14-5-7-15(8-6-14)27-29-32-22/h2,4-8,10,24H,3,9,11,22H2,1H3,(H2,21,26). The smallest absolute Gasteiger partial charge is 0.223 e. The minimum absolute atomic E-state index is 0.0655. The first-order valence-corrected chi connectivity index (χ1v) is 11.5. The predicted molar refractivity (Wildman–Crippen MR) is 122 cm³/mol. The Balaban J connectivity index is 1.77. The zero-order valence-electron chi connectivity index (χ0n) is 17.1. The van der Waals surface area contributed by atoms with Crippen LogP contribution in [0.25, 0.3) is 16.9 Å². The van der Waals surface area contributed by atoms with Crippen LogP contribution < -0.4 is 21.2 Å². The Labute approximate surface area is 192 Å². The molecule has 1 aliphatic carbocycles. The molecule has 0 radical (unpaired) electrons. The van der Waals surface area contributed by atoms with E-state index in [1.54, 1.807) is 18.4 Å². The normalized spacial score (nSPS) is 12.2. The predicted octanol–water partition coefficient (Wildman–Crippen LogP) is 3.05. The molecule has 0 bridgehead atoms. The van der Waals surface area contributed by atoms with E-state index in [0.29, 0.717) is 23.7 Å². The number of amides is 1. The lowest BCUT2D eigenvalue weighted by atomic mass is 9.88. The van der Waals surface area contributed by atoms with Crippen LogP contribution in [0.15, 0.2) is 42.5 Å². The van der Waals surface area contributed by atoms with Crippen LogP contribution in [0.2, 0.25) is 0 Å². The monoisotopic (exact) mass is 475 g/mol. The highest BCUT2D eigenvalue weighted by Gasteiger charge is 2.27. The molecule has 0 unspecified atom stereocenters. The maximum absolute atomic E-state index is 11.7. The van der Waals surface area contributed by atoms with Gasteiger partial charge < -0.3 is 10.6 Å². The Hall–Kier alpha value is -2.74. The van der Waals surface area contributed by atoms with Gasteiger partial charge in [-0.1, -0.05) is 10.4 Å². The van der Waals surface area contributed by atoms with E-state index in [4.69, 9.17) is 34.5 Å². The van der Waals surface area contributed by atoms with Crippen molar-refractivity contribution in [2.45, 2.75) is 19.3 Å². The van der Waals surface area contributed by atoms with Gasteiger partial charge in [-0.2, -0.15) is 5.10 Å². The van der Waals surface area contributed by atoms with Crippen LogP contribution in [0.3, 0.4) is 0 Å². The van der Waals surface area contributed by atoms with E-state index >= 15 is 0 Å². The SMILES string of the molecule is CSOONc1ccc2c(c1)-c1c(c(CC(N)=O)nn1-c1ccc(OOSN)cc1)CC2. The highest BCUT2D eigenvalue weighted by Crippen LogP contribution is 2.38. The fourth-order valence-electron chi connectivity index (χ4n) is 3.67. The molecule has 10 nitrogen and oxygen atoms in total. The average molecular weight is 476 g/mol. The van der Waals surface area contributed by atoms with Gasteiger partial charge in [0, 0.05) is 29.4 Å². The summed E-state index contributed by atoms with van der Waals surface area (Å²) in [5, 5.41) is 9.94. The Bertz CT molecular complexity index is 1110. The molecule has 1 heterocycles. The molecule has 1 aromatic heterocycles. The van der Waals surface area contributed by atoms with Crippen molar-refractivity contribution in [3.05, 3.63) is 59.3 Å². The average Bonchev–Trinajstić information content (AvgIpc) is 3.16. The van der Waals surface area contributed by atoms with Crippen LogP contribution in [0.1, 0.15) is 16.8 Å².